The zero-order valence-electron chi connectivity index (χ0n) is 41.5. The van der Waals surface area contributed by atoms with E-state index in [1.54, 1.807) is 6.20 Å². The van der Waals surface area contributed by atoms with Crippen molar-refractivity contribution in [3.05, 3.63) is 119 Å². The van der Waals surface area contributed by atoms with Crippen molar-refractivity contribution in [3.63, 3.8) is 0 Å². The summed E-state index contributed by atoms with van der Waals surface area (Å²) in [5.74, 6) is 0.131. The van der Waals surface area contributed by atoms with E-state index in [0.717, 1.165) is 119 Å². The summed E-state index contributed by atoms with van der Waals surface area (Å²) in [5, 5.41) is 22.3. The number of piperazine rings is 1. The van der Waals surface area contributed by atoms with Gasteiger partial charge in [0.2, 0.25) is 11.8 Å². The Hall–Kier alpha value is -7.24. The summed E-state index contributed by atoms with van der Waals surface area (Å²) in [6, 6.07) is 25.5. The molecule has 11 rings (SSSR count). The molecule has 4 aromatic heterocycles. The van der Waals surface area contributed by atoms with E-state index in [0.29, 0.717) is 66.4 Å². The molecule has 376 valence electrons. The van der Waals surface area contributed by atoms with Gasteiger partial charge in [0.1, 0.15) is 17.3 Å². The summed E-state index contributed by atoms with van der Waals surface area (Å²) >= 11 is 1.41. The number of piperidine rings is 1. The average molecular weight is 1000 g/mol. The minimum absolute atomic E-state index is 0.0375. The Labute approximate surface area is 427 Å². The Bertz CT molecular complexity index is 3230. The van der Waals surface area contributed by atoms with Crippen LogP contribution < -0.4 is 25.2 Å². The van der Waals surface area contributed by atoms with Gasteiger partial charge in [-0.25, -0.2) is 14.8 Å². The van der Waals surface area contributed by atoms with Gasteiger partial charge in [0.05, 0.1) is 39.1 Å². The summed E-state index contributed by atoms with van der Waals surface area (Å²) in [7, 11) is 1.94. The van der Waals surface area contributed by atoms with E-state index in [9.17, 15) is 24.3 Å². The minimum atomic E-state index is -1.12. The number of anilines is 3. The number of hydrogen-bond donors (Lipinski definition) is 3. The van der Waals surface area contributed by atoms with Crippen LogP contribution in [0.3, 0.4) is 0 Å². The number of aryl methyl sites for hydroxylation is 1. The van der Waals surface area contributed by atoms with Crippen molar-refractivity contribution in [3.8, 4) is 16.9 Å². The van der Waals surface area contributed by atoms with Crippen molar-refractivity contribution in [2.45, 2.75) is 83.8 Å². The van der Waals surface area contributed by atoms with Crippen LogP contribution in [0.4, 0.5) is 16.6 Å². The first-order valence-corrected chi connectivity index (χ1v) is 26.4. The number of imide groups is 1. The van der Waals surface area contributed by atoms with Crippen molar-refractivity contribution in [2.75, 3.05) is 54.4 Å². The fourth-order valence-electron chi connectivity index (χ4n) is 11.7. The van der Waals surface area contributed by atoms with Gasteiger partial charge >= 0.3 is 5.97 Å². The summed E-state index contributed by atoms with van der Waals surface area (Å²) < 4.78 is 9.59. The second-order valence-electron chi connectivity index (χ2n) is 20.3. The van der Waals surface area contributed by atoms with Gasteiger partial charge < -0.3 is 19.6 Å². The van der Waals surface area contributed by atoms with E-state index in [-0.39, 0.29) is 29.5 Å². The highest BCUT2D eigenvalue weighted by atomic mass is 32.1. The summed E-state index contributed by atoms with van der Waals surface area (Å²) in [4.78, 5) is 71.9. The van der Waals surface area contributed by atoms with E-state index in [4.69, 9.17) is 14.8 Å². The standard InChI is InChI=1S/C56H60N10O6S/c1-33(31-64-26-28-65(29-27-64)44-11-6-9-40-49(62-63(3)52(40)44)41-19-21-48(67)60-53(41)68)30-35-14-16-37(17-15-35)72-45-12-7-8-38(34(45)2)39-18-20-47(59-51(39)55(70)71)66-25-23-36-22-24-57-50(42(36)32-66)54(69)61-56-58-43-10-4-5-13-46(43)73-56/h4-13,18,20,22,24,33,35,37,41H,14-17,19,21,23,25-32H2,1-3H3,(H,70,71)(H,58,61,69)(H,60,67,68)/t33-,35?,37?,41?/m0/s1. The van der Waals surface area contributed by atoms with E-state index in [2.05, 4.69) is 49.5 Å². The predicted molar refractivity (Wildman–Crippen MR) is 283 cm³/mol. The number of rotatable bonds is 13. The summed E-state index contributed by atoms with van der Waals surface area (Å²) in [6.07, 6.45) is 8.55. The third-order valence-electron chi connectivity index (χ3n) is 15.4. The number of nitrogens with one attached hydrogen (secondary N) is 2. The molecule has 7 heterocycles. The molecule has 1 unspecified atom stereocenters. The first-order valence-electron chi connectivity index (χ1n) is 25.6. The van der Waals surface area contributed by atoms with Gasteiger partial charge in [-0.15, -0.1) is 0 Å². The molecule has 16 nitrogen and oxygen atoms in total. The van der Waals surface area contributed by atoms with E-state index in [1.807, 2.05) is 90.3 Å². The number of hydrogen-bond acceptors (Lipinski definition) is 13. The van der Waals surface area contributed by atoms with Crippen molar-refractivity contribution in [1.82, 2.24) is 34.9 Å². The zero-order chi connectivity index (χ0) is 50.3. The Balaban J connectivity index is 0.681. The molecular weight excluding hydrogens is 941 g/mol. The molecule has 1 aliphatic carbocycles. The lowest BCUT2D eigenvalue weighted by Crippen LogP contribution is -2.47. The molecule has 3 fully saturated rings. The lowest BCUT2D eigenvalue weighted by atomic mass is 9.82. The third-order valence-corrected chi connectivity index (χ3v) is 16.4. The van der Waals surface area contributed by atoms with Crippen LogP contribution in [0, 0.1) is 18.8 Å². The molecule has 3 amide bonds. The molecule has 2 atom stereocenters. The first kappa shape index (κ1) is 48.1. The number of carbonyl (C=O) groups is 4. The molecule has 1 saturated carbocycles. The number of benzene rings is 3. The molecule has 3 N–H and O–H groups in total. The number of carboxylic acids is 1. The molecule has 0 radical (unpaired) electrons. The van der Waals surface area contributed by atoms with Crippen LogP contribution in [-0.4, -0.2) is 104 Å². The fraction of sp³-hybridized carbons (Fsp3) is 0.393. The molecular formula is C56H60N10O6S. The van der Waals surface area contributed by atoms with E-state index in [1.165, 1.54) is 17.8 Å². The third kappa shape index (κ3) is 9.87. The van der Waals surface area contributed by atoms with Crippen LogP contribution in [0.2, 0.25) is 0 Å². The number of para-hydroxylation sites is 2. The number of amides is 3. The topological polar surface area (TPSA) is 188 Å². The first-order chi connectivity index (χ1) is 35.4. The van der Waals surface area contributed by atoms with Crippen molar-refractivity contribution >= 4 is 72.8 Å². The summed E-state index contributed by atoms with van der Waals surface area (Å²) in [5.41, 5.74) is 8.00. The highest BCUT2D eigenvalue weighted by Gasteiger charge is 2.34. The lowest BCUT2D eigenvalue weighted by molar-refractivity contribution is -0.134. The van der Waals surface area contributed by atoms with Crippen LogP contribution in [-0.2, 0) is 29.6 Å². The van der Waals surface area contributed by atoms with Crippen LogP contribution in [0.25, 0.3) is 32.2 Å². The second-order valence-corrected chi connectivity index (χ2v) is 21.3. The number of fused-ring (bicyclic) bond motifs is 3. The van der Waals surface area contributed by atoms with Crippen LogP contribution >= 0.6 is 11.3 Å². The maximum atomic E-state index is 13.6. The number of aromatic carboxylic acids is 1. The number of nitrogens with zero attached hydrogens (tertiary/aromatic N) is 8. The molecule has 17 heteroatoms. The highest BCUT2D eigenvalue weighted by molar-refractivity contribution is 7.22. The van der Waals surface area contributed by atoms with E-state index >= 15 is 0 Å². The SMILES string of the molecule is Cc1c(OC2CCC(C[C@H](C)CN3CCN(c4cccc5c(C6CCC(=O)NC6=O)nn(C)c45)CC3)CC2)cccc1-c1ccc(N2CCc3ccnc(C(=O)Nc4nc5ccccc5s4)c3C2)nc1C(=O)O. The number of ether oxygens (including phenoxy) is 1. The normalized spacial score (nSPS) is 20.0. The van der Waals surface area contributed by atoms with Gasteiger partial charge in [0.15, 0.2) is 10.8 Å². The predicted octanol–water partition coefficient (Wildman–Crippen LogP) is 8.77. The Morgan fingerprint density at radius 3 is 2.47 bits per heavy atom. The number of thiazole rings is 1. The highest BCUT2D eigenvalue weighted by Crippen LogP contribution is 2.39. The quantitative estimate of drug-likeness (QED) is 0.0932. The monoisotopic (exact) mass is 1000 g/mol. The molecule has 7 aromatic rings. The molecule has 2 saturated heterocycles. The van der Waals surface area contributed by atoms with Gasteiger partial charge in [-0.2, -0.15) is 5.10 Å². The van der Waals surface area contributed by atoms with Gasteiger partial charge in [0.25, 0.3) is 5.91 Å². The van der Waals surface area contributed by atoms with Crippen LogP contribution in [0.15, 0.2) is 85.1 Å². The Morgan fingerprint density at radius 1 is 0.863 bits per heavy atom. The van der Waals surface area contributed by atoms with Crippen molar-refractivity contribution in [2.24, 2.45) is 18.9 Å². The number of pyridine rings is 2. The number of aromatic nitrogens is 5. The van der Waals surface area contributed by atoms with Gasteiger partial charge in [-0.3, -0.25) is 39.6 Å². The van der Waals surface area contributed by atoms with Crippen LogP contribution in [0.1, 0.15) is 101 Å². The number of carboxylic acid groups (broad SMARTS) is 1. The van der Waals surface area contributed by atoms with Gasteiger partial charge in [-0.1, -0.05) is 54.7 Å². The van der Waals surface area contributed by atoms with Crippen molar-refractivity contribution < 1.29 is 29.0 Å². The molecule has 0 spiro atoms. The molecule has 3 aliphatic heterocycles. The molecule has 73 heavy (non-hydrogen) atoms. The fourth-order valence-corrected chi connectivity index (χ4v) is 12.6. The van der Waals surface area contributed by atoms with Crippen molar-refractivity contribution in [1.29, 1.82) is 0 Å². The Morgan fingerprint density at radius 2 is 1.67 bits per heavy atom. The van der Waals surface area contributed by atoms with E-state index < -0.39 is 11.9 Å². The zero-order valence-corrected chi connectivity index (χ0v) is 42.3. The largest absolute Gasteiger partial charge is 0.490 e. The van der Waals surface area contributed by atoms with Crippen LogP contribution in [0.5, 0.6) is 5.75 Å². The minimum Gasteiger partial charge on any atom is -0.490 e. The molecule has 4 aliphatic rings. The van der Waals surface area contributed by atoms with Gasteiger partial charge in [0, 0.05) is 82.0 Å². The second kappa shape index (κ2) is 20.3. The lowest BCUT2D eigenvalue weighted by Gasteiger charge is -2.38. The number of carbonyl (C=O) groups excluding carboxylic acids is 3. The maximum absolute atomic E-state index is 13.6. The average Bonchev–Trinajstić information content (AvgIpc) is 3.97. The smallest absolute Gasteiger partial charge is 0.355 e. The molecule has 0 bridgehead atoms. The maximum Gasteiger partial charge on any atom is 0.355 e. The molecule has 3 aromatic carbocycles. The summed E-state index contributed by atoms with van der Waals surface area (Å²) in [6.45, 7) is 10.2. The van der Waals surface area contributed by atoms with Gasteiger partial charge in [-0.05, 0) is 123 Å². The Kier molecular flexibility index (Phi) is 13.4.